The molecule has 1 fully saturated rings. The molecule has 0 saturated carbocycles. The lowest BCUT2D eigenvalue weighted by molar-refractivity contribution is 0.0610. The molecule has 1 aromatic rings. The molecule has 0 radical (unpaired) electrons. The lowest BCUT2D eigenvalue weighted by atomic mass is 10.0. The second-order valence-electron chi connectivity index (χ2n) is 5.02. The van der Waals surface area contributed by atoms with E-state index in [4.69, 9.17) is 17.3 Å². The fourth-order valence-electron chi connectivity index (χ4n) is 2.52. The molecule has 1 aromatic carbocycles. The molecule has 0 spiro atoms. The highest BCUT2D eigenvalue weighted by molar-refractivity contribution is 6.30. The number of carbonyl (C=O) groups excluding carboxylic acids is 2. The number of piperidine rings is 1. The van der Waals surface area contributed by atoms with Crippen molar-refractivity contribution < 1.29 is 14.0 Å². The molecule has 1 saturated heterocycles. The standard InChI is InChI=1S/C14H17ClFN3O2/c15-9-4-5-11(12(16)7-9)13(20)19-6-2-1-3-10(19)8-18-14(17)21/h4-5,7,10H,1-3,6,8H2,(H3,17,18,21)/t10-/m0/s1. The molecule has 0 bridgehead atoms. The molecule has 2 rings (SSSR count). The molecule has 1 atom stereocenters. The number of hydrogen-bond acceptors (Lipinski definition) is 2. The van der Waals surface area contributed by atoms with Crippen molar-refractivity contribution in [3.63, 3.8) is 0 Å². The van der Waals surface area contributed by atoms with Crippen LogP contribution in [0, 0.1) is 5.82 Å². The van der Waals surface area contributed by atoms with Crippen LogP contribution in [-0.4, -0.2) is 36.0 Å². The van der Waals surface area contributed by atoms with Crippen LogP contribution >= 0.6 is 11.6 Å². The van der Waals surface area contributed by atoms with E-state index in [9.17, 15) is 14.0 Å². The highest BCUT2D eigenvalue weighted by Gasteiger charge is 2.29. The van der Waals surface area contributed by atoms with Gasteiger partial charge in [0.25, 0.3) is 5.91 Å². The van der Waals surface area contributed by atoms with Gasteiger partial charge in [-0.05, 0) is 37.5 Å². The largest absolute Gasteiger partial charge is 0.352 e. The second kappa shape index (κ2) is 6.76. The molecule has 0 aliphatic carbocycles. The zero-order chi connectivity index (χ0) is 15.4. The SMILES string of the molecule is NC(=O)NC[C@@H]1CCCCN1C(=O)c1ccc(Cl)cc1F. The summed E-state index contributed by atoms with van der Waals surface area (Å²) in [5.74, 6) is -1.03. The first-order valence-electron chi connectivity index (χ1n) is 6.78. The van der Waals surface area contributed by atoms with Crippen molar-refractivity contribution in [2.45, 2.75) is 25.3 Å². The number of carbonyl (C=O) groups is 2. The van der Waals surface area contributed by atoms with E-state index in [0.29, 0.717) is 6.54 Å². The summed E-state index contributed by atoms with van der Waals surface area (Å²) in [7, 11) is 0. The Morgan fingerprint density at radius 2 is 2.19 bits per heavy atom. The fraction of sp³-hybridized carbons (Fsp3) is 0.429. The summed E-state index contributed by atoms with van der Waals surface area (Å²) in [6.07, 6.45) is 2.56. The van der Waals surface area contributed by atoms with Gasteiger partial charge in [-0.25, -0.2) is 9.18 Å². The number of likely N-dealkylation sites (tertiary alicyclic amines) is 1. The summed E-state index contributed by atoms with van der Waals surface area (Å²) in [5, 5.41) is 2.75. The number of amides is 3. The van der Waals surface area contributed by atoms with Crippen molar-refractivity contribution in [1.29, 1.82) is 0 Å². The first-order valence-corrected chi connectivity index (χ1v) is 7.16. The Morgan fingerprint density at radius 3 is 2.86 bits per heavy atom. The third-order valence-electron chi connectivity index (χ3n) is 3.56. The predicted octanol–water partition coefficient (Wildman–Crippen LogP) is 2.14. The second-order valence-corrected chi connectivity index (χ2v) is 5.45. The van der Waals surface area contributed by atoms with Crippen LogP contribution in [0.5, 0.6) is 0 Å². The van der Waals surface area contributed by atoms with Crippen LogP contribution < -0.4 is 11.1 Å². The number of nitrogens with zero attached hydrogens (tertiary/aromatic N) is 1. The summed E-state index contributed by atoms with van der Waals surface area (Å²) in [5.41, 5.74) is 5.05. The Hall–Kier alpha value is -1.82. The summed E-state index contributed by atoms with van der Waals surface area (Å²) in [6, 6.07) is 3.18. The van der Waals surface area contributed by atoms with Crippen molar-refractivity contribution in [2.75, 3.05) is 13.1 Å². The van der Waals surface area contributed by atoms with Crippen molar-refractivity contribution in [3.05, 3.63) is 34.6 Å². The molecular formula is C14H17ClFN3O2. The number of halogens is 2. The minimum absolute atomic E-state index is 0.00891. The van der Waals surface area contributed by atoms with Crippen molar-refractivity contribution in [3.8, 4) is 0 Å². The van der Waals surface area contributed by atoms with Gasteiger partial charge in [-0.3, -0.25) is 4.79 Å². The molecule has 0 unspecified atom stereocenters. The Morgan fingerprint density at radius 1 is 1.43 bits per heavy atom. The summed E-state index contributed by atoms with van der Waals surface area (Å²) < 4.78 is 13.9. The lowest BCUT2D eigenvalue weighted by Crippen LogP contribution is -2.50. The molecule has 7 heteroatoms. The summed E-state index contributed by atoms with van der Waals surface area (Å²) in [4.78, 5) is 24.9. The molecular weight excluding hydrogens is 297 g/mol. The van der Waals surface area contributed by atoms with Gasteiger partial charge >= 0.3 is 6.03 Å². The molecule has 114 valence electrons. The normalized spacial score (nSPS) is 18.4. The Kier molecular flexibility index (Phi) is 5.01. The number of rotatable bonds is 3. The van der Waals surface area contributed by atoms with Crippen LogP contribution in [0.15, 0.2) is 18.2 Å². The minimum atomic E-state index is -0.639. The number of nitrogens with two attached hydrogens (primary N) is 1. The van der Waals surface area contributed by atoms with Gasteiger partial charge in [0.1, 0.15) is 5.82 Å². The van der Waals surface area contributed by atoms with Gasteiger partial charge in [0.05, 0.1) is 5.56 Å². The maximum Gasteiger partial charge on any atom is 0.312 e. The molecule has 1 aliphatic rings. The fourth-order valence-corrected chi connectivity index (χ4v) is 2.67. The van der Waals surface area contributed by atoms with Crippen LogP contribution in [0.4, 0.5) is 9.18 Å². The van der Waals surface area contributed by atoms with Crippen LogP contribution in [-0.2, 0) is 0 Å². The van der Waals surface area contributed by atoms with Gasteiger partial charge < -0.3 is 16.0 Å². The zero-order valence-electron chi connectivity index (χ0n) is 11.4. The van der Waals surface area contributed by atoms with E-state index in [0.717, 1.165) is 25.3 Å². The van der Waals surface area contributed by atoms with E-state index in [2.05, 4.69) is 5.32 Å². The van der Waals surface area contributed by atoms with Gasteiger partial charge in [-0.15, -0.1) is 0 Å². The lowest BCUT2D eigenvalue weighted by Gasteiger charge is -2.35. The summed E-state index contributed by atoms with van der Waals surface area (Å²) in [6.45, 7) is 0.808. The molecule has 21 heavy (non-hydrogen) atoms. The number of benzene rings is 1. The van der Waals surface area contributed by atoms with Crippen molar-refractivity contribution in [2.24, 2.45) is 5.73 Å². The molecule has 3 N–H and O–H groups in total. The third-order valence-corrected chi connectivity index (χ3v) is 3.80. The molecule has 1 heterocycles. The number of nitrogens with one attached hydrogen (secondary N) is 1. The maximum atomic E-state index is 13.9. The average molecular weight is 314 g/mol. The van der Waals surface area contributed by atoms with Crippen LogP contribution in [0.1, 0.15) is 29.6 Å². The molecule has 1 aliphatic heterocycles. The number of hydrogen-bond donors (Lipinski definition) is 2. The van der Waals surface area contributed by atoms with Gasteiger partial charge in [0, 0.05) is 24.2 Å². The van der Waals surface area contributed by atoms with Gasteiger partial charge in [-0.1, -0.05) is 11.6 Å². The maximum absolute atomic E-state index is 13.9. The number of urea groups is 1. The van der Waals surface area contributed by atoms with E-state index in [-0.39, 0.29) is 29.1 Å². The molecule has 0 aromatic heterocycles. The number of primary amides is 1. The van der Waals surface area contributed by atoms with Crippen molar-refractivity contribution >= 4 is 23.5 Å². The first kappa shape index (κ1) is 15.6. The predicted molar refractivity (Wildman–Crippen MR) is 77.7 cm³/mol. The highest BCUT2D eigenvalue weighted by Crippen LogP contribution is 2.22. The van der Waals surface area contributed by atoms with Crippen molar-refractivity contribution in [1.82, 2.24) is 10.2 Å². The monoisotopic (exact) mass is 313 g/mol. The van der Waals surface area contributed by atoms with Crippen LogP contribution in [0.3, 0.4) is 0 Å². The van der Waals surface area contributed by atoms with E-state index in [1.807, 2.05) is 0 Å². The Labute approximate surface area is 127 Å². The van der Waals surface area contributed by atoms with Gasteiger partial charge in [-0.2, -0.15) is 0 Å². The summed E-state index contributed by atoms with van der Waals surface area (Å²) >= 11 is 5.69. The molecule has 3 amide bonds. The van der Waals surface area contributed by atoms with Crippen LogP contribution in [0.2, 0.25) is 5.02 Å². The Balaban J connectivity index is 2.16. The smallest absolute Gasteiger partial charge is 0.312 e. The minimum Gasteiger partial charge on any atom is -0.352 e. The van der Waals surface area contributed by atoms with E-state index in [1.165, 1.54) is 12.1 Å². The topological polar surface area (TPSA) is 75.4 Å². The van der Waals surface area contributed by atoms with Gasteiger partial charge in [0.15, 0.2) is 0 Å². The van der Waals surface area contributed by atoms with E-state index >= 15 is 0 Å². The third kappa shape index (κ3) is 3.85. The van der Waals surface area contributed by atoms with Crippen LogP contribution in [0.25, 0.3) is 0 Å². The van der Waals surface area contributed by atoms with E-state index in [1.54, 1.807) is 4.90 Å². The average Bonchev–Trinajstić information content (AvgIpc) is 2.45. The highest BCUT2D eigenvalue weighted by atomic mass is 35.5. The Bertz CT molecular complexity index is 553. The van der Waals surface area contributed by atoms with E-state index < -0.39 is 11.8 Å². The zero-order valence-corrected chi connectivity index (χ0v) is 12.2. The van der Waals surface area contributed by atoms with Gasteiger partial charge in [0.2, 0.25) is 0 Å². The molecule has 5 nitrogen and oxygen atoms in total. The first-order chi connectivity index (χ1) is 9.99. The quantitative estimate of drug-likeness (QED) is 0.897.